The SMILES string of the molecule is Cc1ccc(Cl)cc1-n1cnnc1C1CCNCC1. The summed E-state index contributed by atoms with van der Waals surface area (Å²) in [5.41, 5.74) is 2.26. The Labute approximate surface area is 117 Å². The van der Waals surface area contributed by atoms with Gasteiger partial charge in [-0.3, -0.25) is 4.57 Å². The Bertz CT molecular complexity index is 573. The minimum Gasteiger partial charge on any atom is -0.317 e. The molecule has 19 heavy (non-hydrogen) atoms. The first kappa shape index (κ1) is 12.6. The van der Waals surface area contributed by atoms with Gasteiger partial charge in [0.1, 0.15) is 12.2 Å². The predicted molar refractivity (Wildman–Crippen MR) is 76.0 cm³/mol. The van der Waals surface area contributed by atoms with Gasteiger partial charge in [0.25, 0.3) is 0 Å². The summed E-state index contributed by atoms with van der Waals surface area (Å²) in [5, 5.41) is 12.5. The van der Waals surface area contributed by atoms with Crippen LogP contribution in [-0.2, 0) is 0 Å². The normalized spacial score (nSPS) is 16.7. The van der Waals surface area contributed by atoms with Gasteiger partial charge in [0.2, 0.25) is 0 Å². The van der Waals surface area contributed by atoms with Crippen LogP contribution >= 0.6 is 11.6 Å². The van der Waals surface area contributed by atoms with Crippen LogP contribution in [0, 0.1) is 6.92 Å². The Morgan fingerprint density at radius 1 is 1.32 bits per heavy atom. The van der Waals surface area contributed by atoms with E-state index in [1.807, 2.05) is 18.2 Å². The molecule has 0 spiro atoms. The van der Waals surface area contributed by atoms with Crippen LogP contribution in [-0.4, -0.2) is 27.9 Å². The summed E-state index contributed by atoms with van der Waals surface area (Å²) in [6.45, 7) is 4.18. The van der Waals surface area contributed by atoms with E-state index in [1.165, 1.54) is 5.56 Å². The first-order valence-electron chi connectivity index (χ1n) is 6.63. The van der Waals surface area contributed by atoms with Crippen molar-refractivity contribution >= 4 is 11.6 Å². The van der Waals surface area contributed by atoms with E-state index in [0.29, 0.717) is 5.92 Å². The van der Waals surface area contributed by atoms with Gasteiger partial charge in [0, 0.05) is 10.9 Å². The molecule has 1 aliphatic heterocycles. The maximum atomic E-state index is 6.11. The van der Waals surface area contributed by atoms with E-state index >= 15 is 0 Å². The third-order valence-electron chi connectivity index (χ3n) is 3.71. The van der Waals surface area contributed by atoms with E-state index in [2.05, 4.69) is 27.0 Å². The standard InChI is InChI=1S/C14H17ClN4/c1-10-2-3-12(15)8-13(10)19-9-17-18-14(19)11-4-6-16-7-5-11/h2-3,8-9,11,16H,4-7H2,1H3. The number of halogens is 1. The number of aromatic nitrogens is 3. The third kappa shape index (κ3) is 2.51. The highest BCUT2D eigenvalue weighted by Gasteiger charge is 2.21. The fourth-order valence-corrected chi connectivity index (χ4v) is 2.80. The van der Waals surface area contributed by atoms with Crippen molar-refractivity contribution in [3.8, 4) is 5.69 Å². The lowest BCUT2D eigenvalue weighted by Crippen LogP contribution is -2.28. The molecule has 0 aliphatic carbocycles. The van der Waals surface area contributed by atoms with Crippen molar-refractivity contribution in [1.29, 1.82) is 0 Å². The maximum Gasteiger partial charge on any atom is 0.140 e. The molecule has 5 heteroatoms. The molecule has 2 aromatic rings. The number of hydrogen-bond donors (Lipinski definition) is 1. The number of hydrogen-bond acceptors (Lipinski definition) is 3. The van der Waals surface area contributed by atoms with Gasteiger partial charge in [-0.05, 0) is 50.6 Å². The number of piperidine rings is 1. The van der Waals surface area contributed by atoms with Crippen molar-refractivity contribution in [1.82, 2.24) is 20.1 Å². The van der Waals surface area contributed by atoms with Crippen molar-refractivity contribution in [3.63, 3.8) is 0 Å². The summed E-state index contributed by atoms with van der Waals surface area (Å²) in [4.78, 5) is 0. The summed E-state index contributed by atoms with van der Waals surface area (Å²) in [6.07, 6.45) is 4.01. The molecule has 0 saturated carbocycles. The van der Waals surface area contributed by atoms with Gasteiger partial charge in [-0.1, -0.05) is 17.7 Å². The molecule has 1 aliphatic rings. The number of benzene rings is 1. The third-order valence-corrected chi connectivity index (χ3v) is 3.94. The van der Waals surface area contributed by atoms with E-state index in [0.717, 1.165) is 42.5 Å². The highest BCUT2D eigenvalue weighted by Crippen LogP contribution is 2.27. The van der Waals surface area contributed by atoms with Crippen LogP contribution in [0.15, 0.2) is 24.5 Å². The summed E-state index contributed by atoms with van der Waals surface area (Å²) < 4.78 is 2.08. The Morgan fingerprint density at radius 3 is 2.89 bits per heavy atom. The number of nitrogens with one attached hydrogen (secondary N) is 1. The van der Waals surface area contributed by atoms with Gasteiger partial charge in [0.15, 0.2) is 0 Å². The Morgan fingerprint density at radius 2 is 2.11 bits per heavy atom. The molecule has 1 saturated heterocycles. The zero-order chi connectivity index (χ0) is 13.2. The van der Waals surface area contributed by atoms with Crippen LogP contribution in [0.25, 0.3) is 5.69 Å². The molecule has 1 aromatic heterocycles. The Kier molecular flexibility index (Phi) is 3.53. The molecule has 1 fully saturated rings. The van der Waals surface area contributed by atoms with Crippen LogP contribution < -0.4 is 5.32 Å². The topological polar surface area (TPSA) is 42.7 Å². The number of nitrogens with zero attached hydrogens (tertiary/aromatic N) is 3. The van der Waals surface area contributed by atoms with Gasteiger partial charge in [-0.15, -0.1) is 10.2 Å². The van der Waals surface area contributed by atoms with Crippen LogP contribution in [0.1, 0.15) is 30.1 Å². The predicted octanol–water partition coefficient (Wildman–Crippen LogP) is 2.70. The van der Waals surface area contributed by atoms with Crippen LogP contribution in [0.5, 0.6) is 0 Å². The van der Waals surface area contributed by atoms with Crippen LogP contribution in [0.2, 0.25) is 5.02 Å². The molecule has 0 unspecified atom stereocenters. The molecule has 3 rings (SSSR count). The minimum absolute atomic E-state index is 0.474. The second kappa shape index (κ2) is 5.31. The molecule has 0 bridgehead atoms. The van der Waals surface area contributed by atoms with E-state index in [-0.39, 0.29) is 0 Å². The fourth-order valence-electron chi connectivity index (χ4n) is 2.63. The number of aryl methyl sites for hydroxylation is 1. The lowest BCUT2D eigenvalue weighted by molar-refractivity contribution is 0.440. The summed E-state index contributed by atoms with van der Waals surface area (Å²) in [7, 11) is 0. The van der Waals surface area contributed by atoms with Gasteiger partial charge >= 0.3 is 0 Å². The van der Waals surface area contributed by atoms with E-state index in [9.17, 15) is 0 Å². The molecule has 0 amide bonds. The molecule has 0 radical (unpaired) electrons. The maximum absolute atomic E-state index is 6.11. The zero-order valence-electron chi connectivity index (χ0n) is 10.9. The minimum atomic E-state index is 0.474. The molecule has 1 aromatic carbocycles. The molecule has 100 valence electrons. The van der Waals surface area contributed by atoms with Crippen molar-refractivity contribution in [2.24, 2.45) is 0 Å². The molecular weight excluding hydrogens is 260 g/mol. The lowest BCUT2D eigenvalue weighted by Gasteiger charge is -2.22. The molecular formula is C14H17ClN4. The van der Waals surface area contributed by atoms with Crippen molar-refractivity contribution in [2.75, 3.05) is 13.1 Å². The van der Waals surface area contributed by atoms with Crippen molar-refractivity contribution in [2.45, 2.75) is 25.7 Å². The Balaban J connectivity index is 2.01. The quantitative estimate of drug-likeness (QED) is 0.917. The van der Waals surface area contributed by atoms with Gasteiger partial charge in [0.05, 0.1) is 5.69 Å². The molecule has 2 heterocycles. The van der Waals surface area contributed by atoms with Crippen molar-refractivity contribution in [3.05, 3.63) is 40.9 Å². The first-order chi connectivity index (χ1) is 9.25. The highest BCUT2D eigenvalue weighted by atomic mass is 35.5. The molecule has 0 atom stereocenters. The smallest absolute Gasteiger partial charge is 0.140 e. The van der Waals surface area contributed by atoms with Gasteiger partial charge in [-0.25, -0.2) is 0 Å². The average molecular weight is 277 g/mol. The summed E-state index contributed by atoms with van der Waals surface area (Å²) in [6, 6.07) is 5.92. The molecule has 1 N–H and O–H groups in total. The van der Waals surface area contributed by atoms with Crippen LogP contribution in [0.3, 0.4) is 0 Å². The highest BCUT2D eigenvalue weighted by molar-refractivity contribution is 6.30. The van der Waals surface area contributed by atoms with Crippen LogP contribution in [0.4, 0.5) is 0 Å². The van der Waals surface area contributed by atoms with E-state index in [1.54, 1.807) is 6.33 Å². The Hall–Kier alpha value is -1.39. The number of rotatable bonds is 2. The average Bonchev–Trinajstić information content (AvgIpc) is 2.91. The molecule has 4 nitrogen and oxygen atoms in total. The second-order valence-electron chi connectivity index (χ2n) is 5.01. The summed E-state index contributed by atoms with van der Waals surface area (Å²) >= 11 is 6.11. The van der Waals surface area contributed by atoms with Gasteiger partial charge < -0.3 is 5.32 Å². The van der Waals surface area contributed by atoms with Gasteiger partial charge in [-0.2, -0.15) is 0 Å². The zero-order valence-corrected chi connectivity index (χ0v) is 11.7. The first-order valence-corrected chi connectivity index (χ1v) is 7.00. The second-order valence-corrected chi connectivity index (χ2v) is 5.45. The fraction of sp³-hybridized carbons (Fsp3) is 0.429. The lowest BCUT2D eigenvalue weighted by atomic mass is 9.97. The largest absolute Gasteiger partial charge is 0.317 e. The summed E-state index contributed by atoms with van der Waals surface area (Å²) in [5.74, 6) is 1.52. The van der Waals surface area contributed by atoms with E-state index in [4.69, 9.17) is 11.6 Å². The van der Waals surface area contributed by atoms with E-state index < -0.39 is 0 Å². The van der Waals surface area contributed by atoms with Crippen molar-refractivity contribution < 1.29 is 0 Å². The monoisotopic (exact) mass is 276 g/mol.